The molecule has 5 nitrogen and oxygen atoms in total. The van der Waals surface area contributed by atoms with E-state index in [2.05, 4.69) is 4.72 Å². The van der Waals surface area contributed by atoms with Crippen molar-refractivity contribution in [1.29, 1.82) is 0 Å². The highest BCUT2D eigenvalue weighted by Crippen LogP contribution is 2.18. The van der Waals surface area contributed by atoms with E-state index < -0.39 is 16.0 Å². The normalized spacial score (nSPS) is 11.6. The summed E-state index contributed by atoms with van der Waals surface area (Å²) in [5, 5.41) is 10.1. The molecular formula is C17H17NO4S. The van der Waals surface area contributed by atoms with Crippen LogP contribution in [-0.4, -0.2) is 19.5 Å². The molecule has 0 saturated carbocycles. The van der Waals surface area contributed by atoms with Gasteiger partial charge in [0.2, 0.25) is 0 Å². The van der Waals surface area contributed by atoms with E-state index in [9.17, 15) is 13.2 Å². The van der Waals surface area contributed by atoms with Crippen LogP contribution in [0, 0.1) is 13.8 Å². The second-order valence-corrected chi connectivity index (χ2v) is 6.71. The Bertz CT molecular complexity index is 870. The molecule has 0 atom stereocenters. The van der Waals surface area contributed by atoms with Crippen LogP contribution >= 0.6 is 0 Å². The van der Waals surface area contributed by atoms with Crippen LogP contribution in [0.4, 0.5) is 5.69 Å². The zero-order chi connectivity index (χ0) is 17.0. The standard InChI is InChI=1S/C17H17NO4S/c1-12-7-8-14(11-13(12)2)9-10-23(21,22)18-16-6-4-3-5-15(16)17(19)20/h3-11,18H,1-2H3,(H,19,20)/b10-9+. The fourth-order valence-electron chi connectivity index (χ4n) is 1.98. The summed E-state index contributed by atoms with van der Waals surface area (Å²) in [4.78, 5) is 11.1. The van der Waals surface area contributed by atoms with Crippen molar-refractivity contribution in [1.82, 2.24) is 0 Å². The first-order valence-electron chi connectivity index (χ1n) is 6.89. The van der Waals surface area contributed by atoms with Crippen molar-refractivity contribution in [3.8, 4) is 0 Å². The van der Waals surface area contributed by atoms with Crippen molar-refractivity contribution in [2.45, 2.75) is 13.8 Å². The number of benzene rings is 2. The molecule has 0 aliphatic heterocycles. The van der Waals surface area contributed by atoms with Crippen molar-refractivity contribution in [3.63, 3.8) is 0 Å². The average Bonchev–Trinajstić information content (AvgIpc) is 2.48. The highest BCUT2D eigenvalue weighted by Gasteiger charge is 2.13. The molecule has 0 amide bonds. The third-order valence-electron chi connectivity index (χ3n) is 3.38. The molecule has 0 radical (unpaired) electrons. The monoisotopic (exact) mass is 331 g/mol. The Morgan fingerprint density at radius 2 is 1.78 bits per heavy atom. The maximum atomic E-state index is 12.1. The molecule has 0 fully saturated rings. The van der Waals surface area contributed by atoms with Gasteiger partial charge in [0.05, 0.1) is 16.7 Å². The molecule has 0 saturated heterocycles. The SMILES string of the molecule is Cc1ccc(/C=C/S(=O)(=O)Nc2ccccc2C(=O)O)cc1C. The zero-order valence-electron chi connectivity index (χ0n) is 12.8. The van der Waals surface area contributed by atoms with Crippen molar-refractivity contribution >= 4 is 27.8 Å². The van der Waals surface area contributed by atoms with Crippen LogP contribution in [0.2, 0.25) is 0 Å². The molecule has 0 aromatic heterocycles. The number of aryl methyl sites for hydroxylation is 2. The molecule has 0 heterocycles. The molecule has 0 unspecified atom stereocenters. The largest absolute Gasteiger partial charge is 0.478 e. The Morgan fingerprint density at radius 1 is 1.09 bits per heavy atom. The van der Waals surface area contributed by atoms with Gasteiger partial charge in [-0.3, -0.25) is 4.72 Å². The molecule has 6 heteroatoms. The highest BCUT2D eigenvalue weighted by molar-refractivity contribution is 7.95. The van der Waals surface area contributed by atoms with Gasteiger partial charge in [-0.15, -0.1) is 0 Å². The highest BCUT2D eigenvalue weighted by atomic mass is 32.2. The second kappa shape index (κ2) is 6.66. The molecule has 2 N–H and O–H groups in total. The smallest absolute Gasteiger partial charge is 0.337 e. The summed E-state index contributed by atoms with van der Waals surface area (Å²) in [6.07, 6.45) is 1.47. The van der Waals surface area contributed by atoms with E-state index in [0.717, 1.165) is 22.1 Å². The van der Waals surface area contributed by atoms with E-state index in [1.165, 1.54) is 24.3 Å². The Hall–Kier alpha value is -2.60. The van der Waals surface area contributed by atoms with Gasteiger partial charge in [0.1, 0.15) is 0 Å². The number of carboxylic acids is 1. The number of sulfonamides is 1. The van der Waals surface area contributed by atoms with Gasteiger partial charge in [-0.2, -0.15) is 0 Å². The Kier molecular flexibility index (Phi) is 4.86. The van der Waals surface area contributed by atoms with E-state index in [-0.39, 0.29) is 11.3 Å². The minimum Gasteiger partial charge on any atom is -0.478 e. The molecule has 0 spiro atoms. The van der Waals surface area contributed by atoms with Crippen LogP contribution in [0.25, 0.3) is 6.08 Å². The number of anilines is 1. The van der Waals surface area contributed by atoms with Crippen LogP contribution in [-0.2, 0) is 10.0 Å². The van der Waals surface area contributed by atoms with Crippen LogP contribution in [0.5, 0.6) is 0 Å². The molecular weight excluding hydrogens is 314 g/mol. The fraction of sp³-hybridized carbons (Fsp3) is 0.118. The van der Waals surface area contributed by atoms with E-state index in [0.29, 0.717) is 0 Å². The van der Waals surface area contributed by atoms with E-state index in [4.69, 9.17) is 5.11 Å². The number of nitrogens with one attached hydrogen (secondary N) is 1. The Balaban J connectivity index is 2.24. The molecule has 0 bridgehead atoms. The van der Waals surface area contributed by atoms with Crippen molar-refractivity contribution in [2.75, 3.05) is 4.72 Å². The van der Waals surface area contributed by atoms with E-state index in [1.54, 1.807) is 6.07 Å². The lowest BCUT2D eigenvalue weighted by molar-refractivity contribution is 0.0698. The van der Waals surface area contributed by atoms with E-state index in [1.807, 2.05) is 32.0 Å². The predicted octanol–water partition coefficient (Wildman–Crippen LogP) is 3.41. The van der Waals surface area contributed by atoms with Gasteiger partial charge in [0.15, 0.2) is 0 Å². The third kappa shape index (κ3) is 4.43. The second-order valence-electron chi connectivity index (χ2n) is 5.14. The predicted molar refractivity (Wildman–Crippen MR) is 90.9 cm³/mol. The maximum absolute atomic E-state index is 12.1. The topological polar surface area (TPSA) is 83.5 Å². The molecule has 2 aromatic carbocycles. The molecule has 120 valence electrons. The van der Waals surface area contributed by atoms with Crippen LogP contribution in [0.3, 0.4) is 0 Å². The Labute approximate surface area is 135 Å². The first kappa shape index (κ1) is 16.8. The number of hydrogen-bond donors (Lipinski definition) is 2. The third-order valence-corrected chi connectivity index (χ3v) is 4.38. The molecule has 2 rings (SSSR count). The van der Waals surface area contributed by atoms with Gasteiger partial charge < -0.3 is 5.11 Å². The van der Waals surface area contributed by atoms with Crippen LogP contribution < -0.4 is 4.72 Å². The number of aromatic carboxylic acids is 1. The van der Waals surface area contributed by atoms with Gasteiger partial charge in [-0.1, -0.05) is 30.3 Å². The van der Waals surface area contributed by atoms with Gasteiger partial charge in [0.25, 0.3) is 10.0 Å². The fourth-order valence-corrected chi connectivity index (χ4v) is 2.87. The summed E-state index contributed by atoms with van der Waals surface area (Å²) < 4.78 is 26.5. The summed E-state index contributed by atoms with van der Waals surface area (Å²) in [6, 6.07) is 11.5. The lowest BCUT2D eigenvalue weighted by Gasteiger charge is -2.07. The molecule has 0 aliphatic carbocycles. The quantitative estimate of drug-likeness (QED) is 0.879. The van der Waals surface area contributed by atoms with Crippen molar-refractivity contribution in [2.24, 2.45) is 0 Å². The Morgan fingerprint density at radius 3 is 2.43 bits per heavy atom. The summed E-state index contributed by atoms with van der Waals surface area (Å²) in [6.45, 7) is 3.92. The number of hydrogen-bond acceptors (Lipinski definition) is 3. The van der Waals surface area contributed by atoms with E-state index >= 15 is 0 Å². The summed E-state index contributed by atoms with van der Waals surface area (Å²) in [7, 11) is -3.81. The average molecular weight is 331 g/mol. The minimum atomic E-state index is -3.81. The number of rotatable bonds is 5. The summed E-state index contributed by atoms with van der Waals surface area (Å²) in [5.41, 5.74) is 2.87. The number of para-hydroxylation sites is 1. The molecule has 2 aromatic rings. The lowest BCUT2D eigenvalue weighted by Crippen LogP contribution is -2.12. The van der Waals surface area contributed by atoms with Crippen molar-refractivity contribution in [3.05, 3.63) is 70.1 Å². The maximum Gasteiger partial charge on any atom is 0.337 e. The number of carboxylic acid groups (broad SMARTS) is 1. The van der Waals surface area contributed by atoms with Gasteiger partial charge in [-0.05, 0) is 48.7 Å². The van der Waals surface area contributed by atoms with Crippen LogP contribution in [0.1, 0.15) is 27.0 Å². The first-order valence-corrected chi connectivity index (χ1v) is 8.43. The van der Waals surface area contributed by atoms with Crippen molar-refractivity contribution < 1.29 is 18.3 Å². The zero-order valence-corrected chi connectivity index (χ0v) is 13.6. The molecule has 0 aliphatic rings. The summed E-state index contributed by atoms with van der Waals surface area (Å²) in [5.74, 6) is -1.19. The molecule has 23 heavy (non-hydrogen) atoms. The summed E-state index contributed by atoms with van der Waals surface area (Å²) >= 11 is 0. The first-order chi connectivity index (χ1) is 10.8. The van der Waals surface area contributed by atoms with Crippen LogP contribution in [0.15, 0.2) is 47.9 Å². The van der Waals surface area contributed by atoms with Gasteiger partial charge >= 0.3 is 5.97 Å². The van der Waals surface area contributed by atoms with Gasteiger partial charge in [0, 0.05) is 0 Å². The lowest BCUT2D eigenvalue weighted by atomic mass is 10.1. The van der Waals surface area contributed by atoms with Gasteiger partial charge in [-0.25, -0.2) is 13.2 Å². The minimum absolute atomic E-state index is 0.0322. The number of carbonyl (C=O) groups is 1.